The first-order valence-electron chi connectivity index (χ1n) is 6.88. The van der Waals surface area contributed by atoms with Crippen molar-refractivity contribution in [3.8, 4) is 5.75 Å². The zero-order valence-electron chi connectivity index (χ0n) is 11.7. The van der Waals surface area contributed by atoms with Gasteiger partial charge in [-0.1, -0.05) is 23.8 Å². The van der Waals surface area contributed by atoms with E-state index in [0.717, 1.165) is 28.9 Å². The Hall–Kier alpha value is -1.48. The predicted octanol–water partition coefficient (Wildman–Crippen LogP) is 4.48. The minimum absolute atomic E-state index is 0.208. The number of nitrogens with one attached hydrogen (secondary N) is 1. The average Bonchev–Trinajstić information content (AvgIpc) is 2.81. The molecule has 0 spiro atoms. The van der Waals surface area contributed by atoms with Crippen LogP contribution in [-0.2, 0) is 6.42 Å². The molecule has 0 saturated carbocycles. The molecule has 1 N–H and O–H groups in total. The quantitative estimate of drug-likeness (QED) is 0.895. The number of anilines is 1. The summed E-state index contributed by atoms with van der Waals surface area (Å²) in [6, 6.07) is 12.7. The lowest BCUT2D eigenvalue weighted by Crippen LogP contribution is -2.24. The van der Waals surface area contributed by atoms with E-state index in [4.69, 9.17) is 4.74 Å². The van der Waals surface area contributed by atoms with Crippen molar-refractivity contribution in [3.63, 3.8) is 0 Å². The normalized spacial score (nSPS) is 16.6. The van der Waals surface area contributed by atoms with E-state index in [1.165, 1.54) is 16.7 Å². The molecule has 2 aromatic rings. The molecular weight excluding hydrogens is 314 g/mol. The van der Waals surface area contributed by atoms with Crippen LogP contribution in [0.4, 0.5) is 5.69 Å². The number of hydrogen-bond donors (Lipinski definition) is 1. The molecule has 3 heteroatoms. The van der Waals surface area contributed by atoms with Crippen LogP contribution in [0.15, 0.2) is 40.9 Å². The first-order valence-corrected chi connectivity index (χ1v) is 7.67. The molecule has 0 bridgehead atoms. The zero-order chi connectivity index (χ0) is 14.1. The molecule has 20 heavy (non-hydrogen) atoms. The summed E-state index contributed by atoms with van der Waals surface area (Å²) in [4.78, 5) is 0. The molecule has 2 nitrogen and oxygen atoms in total. The largest absolute Gasteiger partial charge is 0.488 e. The molecule has 1 aliphatic heterocycles. The van der Waals surface area contributed by atoms with E-state index < -0.39 is 0 Å². The second kappa shape index (κ2) is 5.49. The van der Waals surface area contributed by atoms with Crippen molar-refractivity contribution in [1.29, 1.82) is 0 Å². The van der Waals surface area contributed by atoms with Crippen LogP contribution in [0.2, 0.25) is 0 Å². The summed E-state index contributed by atoms with van der Waals surface area (Å²) in [6.45, 7) is 5.04. The topological polar surface area (TPSA) is 21.3 Å². The van der Waals surface area contributed by atoms with Crippen LogP contribution in [-0.4, -0.2) is 12.6 Å². The smallest absolute Gasteiger partial charge is 0.123 e. The molecule has 104 valence electrons. The van der Waals surface area contributed by atoms with Gasteiger partial charge in [-0.3, -0.25) is 0 Å². The lowest BCUT2D eigenvalue weighted by Gasteiger charge is -2.14. The monoisotopic (exact) mass is 331 g/mol. The Morgan fingerprint density at radius 2 is 1.90 bits per heavy atom. The van der Waals surface area contributed by atoms with Gasteiger partial charge >= 0.3 is 0 Å². The van der Waals surface area contributed by atoms with Gasteiger partial charge in [0.2, 0.25) is 0 Å². The average molecular weight is 332 g/mol. The minimum atomic E-state index is 0.208. The van der Waals surface area contributed by atoms with Crippen molar-refractivity contribution < 1.29 is 4.74 Å². The van der Waals surface area contributed by atoms with Crippen LogP contribution in [0.25, 0.3) is 0 Å². The van der Waals surface area contributed by atoms with Gasteiger partial charge in [-0.05, 0) is 59.1 Å². The van der Waals surface area contributed by atoms with E-state index in [-0.39, 0.29) is 6.10 Å². The number of rotatable bonds is 3. The third-order valence-electron chi connectivity index (χ3n) is 3.60. The van der Waals surface area contributed by atoms with Gasteiger partial charge in [-0.15, -0.1) is 0 Å². The van der Waals surface area contributed by atoms with Crippen LogP contribution < -0.4 is 10.1 Å². The Morgan fingerprint density at radius 1 is 1.15 bits per heavy atom. The summed E-state index contributed by atoms with van der Waals surface area (Å²) in [5, 5.41) is 3.47. The van der Waals surface area contributed by atoms with Crippen molar-refractivity contribution >= 4 is 21.6 Å². The number of ether oxygens (including phenoxy) is 1. The summed E-state index contributed by atoms with van der Waals surface area (Å²) in [6.07, 6.45) is 1.19. The molecule has 1 unspecified atom stereocenters. The number of benzene rings is 2. The number of aryl methyl sites for hydroxylation is 2. The summed E-state index contributed by atoms with van der Waals surface area (Å²) in [5.41, 5.74) is 4.99. The van der Waals surface area contributed by atoms with Crippen LogP contribution in [0.3, 0.4) is 0 Å². The fourth-order valence-electron chi connectivity index (χ4n) is 2.56. The van der Waals surface area contributed by atoms with Crippen molar-refractivity contribution in [1.82, 2.24) is 0 Å². The molecule has 0 aliphatic carbocycles. The predicted molar refractivity (Wildman–Crippen MR) is 86.7 cm³/mol. The standard InChI is InChI=1S/C17H18BrNO/c1-11-4-6-17-13(7-11)9-14(20-17)10-19-16-8-12(2)3-5-15(16)18/h3-8,14,19H,9-10H2,1-2H3. The van der Waals surface area contributed by atoms with Crippen molar-refractivity contribution in [3.05, 3.63) is 57.6 Å². The first-order chi connectivity index (χ1) is 9.61. The Morgan fingerprint density at radius 3 is 2.75 bits per heavy atom. The van der Waals surface area contributed by atoms with Crippen LogP contribution in [0.5, 0.6) is 5.75 Å². The molecule has 2 aromatic carbocycles. The SMILES string of the molecule is Cc1ccc2c(c1)CC(CNc1cc(C)ccc1Br)O2. The molecule has 0 radical (unpaired) electrons. The van der Waals surface area contributed by atoms with Gasteiger partial charge in [0, 0.05) is 16.6 Å². The highest BCUT2D eigenvalue weighted by atomic mass is 79.9. The van der Waals surface area contributed by atoms with Crippen LogP contribution in [0, 0.1) is 13.8 Å². The Bertz CT molecular complexity index is 639. The van der Waals surface area contributed by atoms with Crippen LogP contribution >= 0.6 is 15.9 Å². The maximum atomic E-state index is 5.98. The second-order valence-corrected chi connectivity index (χ2v) is 6.27. The Kier molecular flexibility index (Phi) is 3.70. The molecule has 0 saturated heterocycles. The highest BCUT2D eigenvalue weighted by Crippen LogP contribution is 2.30. The second-order valence-electron chi connectivity index (χ2n) is 5.42. The van der Waals surface area contributed by atoms with Gasteiger partial charge in [0.15, 0.2) is 0 Å². The summed E-state index contributed by atoms with van der Waals surface area (Å²) in [7, 11) is 0. The lowest BCUT2D eigenvalue weighted by atomic mass is 10.1. The zero-order valence-corrected chi connectivity index (χ0v) is 13.3. The number of halogens is 1. The van der Waals surface area contributed by atoms with E-state index in [1.54, 1.807) is 0 Å². The Labute approximate surface area is 128 Å². The molecule has 1 aliphatic rings. The maximum absolute atomic E-state index is 5.98. The van der Waals surface area contributed by atoms with Gasteiger partial charge in [0.25, 0.3) is 0 Å². The van der Waals surface area contributed by atoms with E-state index >= 15 is 0 Å². The molecule has 0 amide bonds. The van der Waals surface area contributed by atoms with E-state index in [1.807, 2.05) is 0 Å². The van der Waals surface area contributed by atoms with Gasteiger partial charge in [-0.25, -0.2) is 0 Å². The Balaban J connectivity index is 1.65. The van der Waals surface area contributed by atoms with Crippen LogP contribution in [0.1, 0.15) is 16.7 Å². The third-order valence-corrected chi connectivity index (χ3v) is 4.29. The highest BCUT2D eigenvalue weighted by molar-refractivity contribution is 9.10. The van der Waals surface area contributed by atoms with Gasteiger partial charge < -0.3 is 10.1 Å². The summed E-state index contributed by atoms with van der Waals surface area (Å²) < 4.78 is 7.07. The number of hydrogen-bond acceptors (Lipinski definition) is 2. The summed E-state index contributed by atoms with van der Waals surface area (Å²) in [5.74, 6) is 1.03. The molecule has 1 heterocycles. The third kappa shape index (κ3) is 2.83. The molecule has 1 atom stereocenters. The van der Waals surface area contributed by atoms with E-state index in [2.05, 4.69) is 71.5 Å². The van der Waals surface area contributed by atoms with Gasteiger partial charge in [0.1, 0.15) is 11.9 Å². The minimum Gasteiger partial charge on any atom is -0.488 e. The maximum Gasteiger partial charge on any atom is 0.123 e. The summed E-state index contributed by atoms with van der Waals surface area (Å²) >= 11 is 3.57. The molecule has 0 fully saturated rings. The molecular formula is C17H18BrNO. The molecule has 0 aromatic heterocycles. The van der Waals surface area contributed by atoms with Crippen molar-refractivity contribution in [2.24, 2.45) is 0 Å². The number of fused-ring (bicyclic) bond motifs is 1. The van der Waals surface area contributed by atoms with Gasteiger partial charge in [-0.2, -0.15) is 0 Å². The lowest BCUT2D eigenvalue weighted by molar-refractivity contribution is 0.246. The van der Waals surface area contributed by atoms with Crippen molar-refractivity contribution in [2.45, 2.75) is 26.4 Å². The molecule has 3 rings (SSSR count). The fraction of sp³-hybridized carbons (Fsp3) is 0.294. The van der Waals surface area contributed by atoms with E-state index in [9.17, 15) is 0 Å². The van der Waals surface area contributed by atoms with Crippen molar-refractivity contribution in [2.75, 3.05) is 11.9 Å². The fourth-order valence-corrected chi connectivity index (χ4v) is 2.95. The van der Waals surface area contributed by atoms with E-state index in [0.29, 0.717) is 0 Å². The first kappa shape index (κ1) is 13.5. The van der Waals surface area contributed by atoms with Gasteiger partial charge in [0.05, 0.1) is 6.54 Å². The highest BCUT2D eigenvalue weighted by Gasteiger charge is 2.22.